The Balaban J connectivity index is 2.77. The van der Waals surface area contributed by atoms with Crippen molar-refractivity contribution in [2.45, 2.75) is 45.6 Å². The second-order valence-electron chi connectivity index (χ2n) is 5.87. The molecule has 0 spiro atoms. The summed E-state index contributed by atoms with van der Waals surface area (Å²) < 4.78 is 0. The topological polar surface area (TPSA) is 46.2 Å². The van der Waals surface area contributed by atoms with Gasteiger partial charge >= 0.3 is 0 Å². The van der Waals surface area contributed by atoms with Crippen LogP contribution in [-0.2, 0) is 9.59 Å². The molecule has 1 N–H and O–H groups in total. The Morgan fingerprint density at radius 3 is 2.30 bits per heavy atom. The Hall–Kier alpha value is -1.90. The third kappa shape index (κ3) is 5.39. The van der Waals surface area contributed by atoms with E-state index in [-0.39, 0.29) is 18.1 Å². The first-order valence-electron chi connectivity index (χ1n) is 6.86. The number of rotatable bonds is 5. The van der Waals surface area contributed by atoms with Gasteiger partial charge in [-0.2, -0.15) is 0 Å². The highest BCUT2D eigenvalue weighted by Crippen LogP contribution is 2.21. The Bertz CT molecular complexity index is 483. The lowest BCUT2D eigenvalue weighted by Gasteiger charge is -2.20. The van der Waals surface area contributed by atoms with E-state index in [9.17, 15) is 9.59 Å². The third-order valence-electron chi connectivity index (χ3n) is 2.80. The SMILES string of the molecule is C/C=C/[C@H](CC(=O)C(=O)NC(C)(C)C)c1ccccc1. The summed E-state index contributed by atoms with van der Waals surface area (Å²) in [6.45, 7) is 7.49. The maximum Gasteiger partial charge on any atom is 0.287 e. The van der Waals surface area contributed by atoms with Gasteiger partial charge in [-0.05, 0) is 33.3 Å². The van der Waals surface area contributed by atoms with Gasteiger partial charge in [-0.1, -0.05) is 42.5 Å². The molecular weight excluding hydrogens is 250 g/mol. The fourth-order valence-electron chi connectivity index (χ4n) is 1.93. The van der Waals surface area contributed by atoms with Crippen molar-refractivity contribution in [3.8, 4) is 0 Å². The molecule has 1 amide bonds. The van der Waals surface area contributed by atoms with E-state index in [1.807, 2.05) is 70.2 Å². The van der Waals surface area contributed by atoms with Crippen molar-refractivity contribution in [1.29, 1.82) is 0 Å². The van der Waals surface area contributed by atoms with Gasteiger partial charge in [-0.15, -0.1) is 0 Å². The summed E-state index contributed by atoms with van der Waals surface area (Å²) in [7, 11) is 0. The van der Waals surface area contributed by atoms with E-state index >= 15 is 0 Å². The van der Waals surface area contributed by atoms with Crippen molar-refractivity contribution in [1.82, 2.24) is 5.32 Å². The average molecular weight is 273 g/mol. The first-order chi connectivity index (χ1) is 9.33. The van der Waals surface area contributed by atoms with Crippen LogP contribution in [0.4, 0.5) is 0 Å². The van der Waals surface area contributed by atoms with Crippen LogP contribution in [0.2, 0.25) is 0 Å². The standard InChI is InChI=1S/C17H23NO2/c1-5-9-14(13-10-7-6-8-11-13)12-15(19)16(20)18-17(2,3)4/h5-11,14H,12H2,1-4H3,(H,18,20)/b9-5+/t14-/m1/s1. The summed E-state index contributed by atoms with van der Waals surface area (Å²) in [6.07, 6.45) is 4.06. The van der Waals surface area contributed by atoms with Crippen molar-refractivity contribution >= 4 is 11.7 Å². The molecule has 20 heavy (non-hydrogen) atoms. The van der Waals surface area contributed by atoms with E-state index in [0.717, 1.165) is 5.56 Å². The van der Waals surface area contributed by atoms with E-state index in [4.69, 9.17) is 0 Å². The third-order valence-corrected chi connectivity index (χ3v) is 2.80. The van der Waals surface area contributed by atoms with Crippen LogP contribution in [-0.4, -0.2) is 17.2 Å². The lowest BCUT2D eigenvalue weighted by atomic mass is 9.93. The molecule has 1 aromatic carbocycles. The number of carbonyl (C=O) groups excluding carboxylic acids is 2. The highest BCUT2D eigenvalue weighted by atomic mass is 16.2. The van der Waals surface area contributed by atoms with Crippen LogP contribution in [0.3, 0.4) is 0 Å². The Kier molecular flexibility index (Phi) is 5.68. The molecule has 0 unspecified atom stereocenters. The second kappa shape index (κ2) is 7.04. The van der Waals surface area contributed by atoms with E-state index in [2.05, 4.69) is 5.32 Å². The summed E-state index contributed by atoms with van der Waals surface area (Å²) in [5.74, 6) is -0.950. The molecule has 108 valence electrons. The molecular formula is C17H23NO2. The molecule has 0 aliphatic heterocycles. The van der Waals surface area contributed by atoms with Crippen LogP contribution >= 0.6 is 0 Å². The number of ketones is 1. The number of hydrogen-bond donors (Lipinski definition) is 1. The fourth-order valence-corrected chi connectivity index (χ4v) is 1.93. The van der Waals surface area contributed by atoms with Gasteiger partial charge in [0.25, 0.3) is 5.91 Å². The summed E-state index contributed by atoms with van der Waals surface area (Å²) >= 11 is 0. The van der Waals surface area contributed by atoms with Crippen LogP contribution in [0.15, 0.2) is 42.5 Å². The molecule has 0 fully saturated rings. The highest BCUT2D eigenvalue weighted by Gasteiger charge is 2.22. The molecule has 0 bridgehead atoms. The zero-order valence-corrected chi connectivity index (χ0v) is 12.6. The molecule has 0 aliphatic rings. The zero-order chi connectivity index (χ0) is 15.2. The van der Waals surface area contributed by atoms with Gasteiger partial charge in [0.1, 0.15) is 0 Å². The van der Waals surface area contributed by atoms with Crippen LogP contribution in [0.5, 0.6) is 0 Å². The maximum absolute atomic E-state index is 12.0. The first kappa shape index (κ1) is 16.2. The lowest BCUT2D eigenvalue weighted by Crippen LogP contribution is -2.44. The Labute approximate surface area is 121 Å². The van der Waals surface area contributed by atoms with Gasteiger partial charge in [0.15, 0.2) is 0 Å². The number of nitrogens with one attached hydrogen (secondary N) is 1. The molecule has 0 aliphatic carbocycles. The molecule has 1 aromatic rings. The van der Waals surface area contributed by atoms with Gasteiger partial charge < -0.3 is 5.32 Å². The molecule has 1 atom stereocenters. The molecule has 0 aromatic heterocycles. The van der Waals surface area contributed by atoms with Crippen LogP contribution in [0, 0.1) is 0 Å². The number of benzene rings is 1. The van der Waals surface area contributed by atoms with Gasteiger partial charge in [0.2, 0.25) is 5.78 Å². The number of amides is 1. The minimum atomic E-state index is -0.511. The second-order valence-corrected chi connectivity index (χ2v) is 5.87. The van der Waals surface area contributed by atoms with Crippen molar-refractivity contribution < 1.29 is 9.59 Å². The molecule has 1 rings (SSSR count). The molecule has 0 radical (unpaired) electrons. The van der Waals surface area contributed by atoms with E-state index in [0.29, 0.717) is 0 Å². The minimum absolute atomic E-state index is 0.0561. The number of allylic oxidation sites excluding steroid dienone is 2. The fraction of sp³-hybridized carbons (Fsp3) is 0.412. The van der Waals surface area contributed by atoms with Crippen molar-refractivity contribution in [3.63, 3.8) is 0 Å². The smallest absolute Gasteiger partial charge is 0.287 e. The van der Waals surface area contributed by atoms with Gasteiger partial charge in [0.05, 0.1) is 0 Å². The van der Waals surface area contributed by atoms with E-state index in [1.54, 1.807) is 0 Å². The molecule has 3 nitrogen and oxygen atoms in total. The number of carbonyl (C=O) groups is 2. The Morgan fingerprint density at radius 2 is 1.80 bits per heavy atom. The van der Waals surface area contributed by atoms with E-state index < -0.39 is 11.4 Å². The van der Waals surface area contributed by atoms with Crippen LogP contribution in [0.25, 0.3) is 0 Å². The number of hydrogen-bond acceptors (Lipinski definition) is 2. The quantitative estimate of drug-likeness (QED) is 0.661. The number of Topliss-reactive ketones (excluding diaryl/α,β-unsaturated/α-hetero) is 1. The predicted octanol–water partition coefficient (Wildman–Crippen LogP) is 3.22. The summed E-state index contributed by atoms with van der Waals surface area (Å²) in [5.41, 5.74) is 0.651. The lowest BCUT2D eigenvalue weighted by molar-refractivity contribution is -0.138. The average Bonchev–Trinajstić information content (AvgIpc) is 2.37. The van der Waals surface area contributed by atoms with Crippen molar-refractivity contribution in [2.75, 3.05) is 0 Å². The first-order valence-corrected chi connectivity index (χ1v) is 6.86. The van der Waals surface area contributed by atoms with Gasteiger partial charge in [0, 0.05) is 17.9 Å². The normalized spacial score (nSPS) is 13.2. The summed E-state index contributed by atoms with van der Waals surface area (Å²) in [6, 6.07) is 9.75. The Morgan fingerprint density at radius 1 is 1.20 bits per heavy atom. The monoisotopic (exact) mass is 273 g/mol. The van der Waals surface area contributed by atoms with E-state index in [1.165, 1.54) is 0 Å². The maximum atomic E-state index is 12.0. The minimum Gasteiger partial charge on any atom is -0.345 e. The van der Waals surface area contributed by atoms with Crippen LogP contribution in [0.1, 0.15) is 45.6 Å². The highest BCUT2D eigenvalue weighted by molar-refractivity contribution is 6.36. The predicted molar refractivity (Wildman–Crippen MR) is 81.5 cm³/mol. The molecule has 0 saturated heterocycles. The summed E-state index contributed by atoms with van der Waals surface area (Å²) in [5, 5.41) is 2.71. The van der Waals surface area contributed by atoms with Crippen LogP contribution < -0.4 is 5.32 Å². The van der Waals surface area contributed by atoms with Gasteiger partial charge in [-0.25, -0.2) is 0 Å². The van der Waals surface area contributed by atoms with Crippen molar-refractivity contribution in [3.05, 3.63) is 48.0 Å². The molecule has 0 saturated carbocycles. The van der Waals surface area contributed by atoms with Crippen molar-refractivity contribution in [2.24, 2.45) is 0 Å². The molecule has 0 heterocycles. The molecule has 3 heteroatoms. The summed E-state index contributed by atoms with van der Waals surface area (Å²) in [4.78, 5) is 23.9. The largest absolute Gasteiger partial charge is 0.345 e. The zero-order valence-electron chi connectivity index (χ0n) is 12.6. The van der Waals surface area contributed by atoms with Gasteiger partial charge in [-0.3, -0.25) is 9.59 Å².